The molecule has 0 aliphatic heterocycles. The van der Waals surface area contributed by atoms with Crippen LogP contribution in [0, 0.1) is 0 Å². The molecule has 0 aliphatic carbocycles. The van der Waals surface area contributed by atoms with Crippen molar-refractivity contribution in [3.8, 4) is 0 Å². The van der Waals surface area contributed by atoms with E-state index in [1.165, 1.54) is 0 Å². The number of ether oxygens (including phenoxy) is 2. The molecule has 0 heterocycles. The van der Waals surface area contributed by atoms with E-state index in [9.17, 15) is 0 Å². The third kappa shape index (κ3) is 1.96. The van der Waals surface area contributed by atoms with Crippen molar-refractivity contribution >= 4 is 5.69 Å². The second kappa shape index (κ2) is 4.09. The maximum atomic E-state index is 5.59. The SMILES string of the molecule is COC(OC)c1cccc(N)c1. The zero-order valence-electron chi connectivity index (χ0n) is 7.28. The van der Waals surface area contributed by atoms with E-state index in [4.69, 9.17) is 15.2 Å². The van der Waals surface area contributed by atoms with Crippen LogP contribution in [0.5, 0.6) is 0 Å². The van der Waals surface area contributed by atoms with Crippen LogP contribution in [0.3, 0.4) is 0 Å². The van der Waals surface area contributed by atoms with Crippen LogP contribution in [0.1, 0.15) is 11.9 Å². The van der Waals surface area contributed by atoms with Gasteiger partial charge >= 0.3 is 0 Å². The van der Waals surface area contributed by atoms with Gasteiger partial charge < -0.3 is 15.2 Å². The fraction of sp³-hybridized carbons (Fsp3) is 0.333. The minimum Gasteiger partial charge on any atom is -0.399 e. The topological polar surface area (TPSA) is 44.5 Å². The van der Waals surface area contributed by atoms with Gasteiger partial charge in [-0.05, 0) is 12.1 Å². The Kier molecular flexibility index (Phi) is 3.08. The summed E-state index contributed by atoms with van der Waals surface area (Å²) in [6, 6.07) is 7.44. The Labute approximate surface area is 72.1 Å². The molecule has 0 aromatic heterocycles. The highest BCUT2D eigenvalue weighted by Crippen LogP contribution is 2.18. The Balaban J connectivity index is 2.85. The zero-order chi connectivity index (χ0) is 8.97. The second-order valence-electron chi connectivity index (χ2n) is 2.47. The van der Waals surface area contributed by atoms with Crippen LogP contribution in [-0.2, 0) is 9.47 Å². The van der Waals surface area contributed by atoms with Gasteiger partial charge in [0, 0.05) is 25.5 Å². The first-order valence-corrected chi connectivity index (χ1v) is 3.69. The molecule has 0 saturated carbocycles. The smallest absolute Gasteiger partial charge is 0.183 e. The molecule has 0 fully saturated rings. The summed E-state index contributed by atoms with van der Waals surface area (Å²) >= 11 is 0. The Bertz CT molecular complexity index is 246. The van der Waals surface area contributed by atoms with E-state index in [1.807, 2.05) is 24.3 Å². The summed E-state index contributed by atoms with van der Waals surface area (Å²) in [5, 5.41) is 0. The van der Waals surface area contributed by atoms with Gasteiger partial charge in [-0.1, -0.05) is 12.1 Å². The molecule has 1 rings (SSSR count). The van der Waals surface area contributed by atoms with Crippen molar-refractivity contribution in [1.82, 2.24) is 0 Å². The summed E-state index contributed by atoms with van der Waals surface area (Å²) in [5.41, 5.74) is 7.24. The van der Waals surface area contributed by atoms with Gasteiger partial charge in [-0.3, -0.25) is 0 Å². The average Bonchev–Trinajstić information content (AvgIpc) is 2.07. The van der Waals surface area contributed by atoms with Crippen LogP contribution < -0.4 is 5.73 Å². The molecule has 0 saturated heterocycles. The first-order chi connectivity index (χ1) is 5.77. The summed E-state index contributed by atoms with van der Waals surface area (Å²) < 4.78 is 10.1. The summed E-state index contributed by atoms with van der Waals surface area (Å²) in [6.07, 6.45) is -0.325. The van der Waals surface area contributed by atoms with E-state index in [0.717, 1.165) is 5.56 Å². The summed E-state index contributed by atoms with van der Waals surface area (Å²) in [7, 11) is 3.19. The Morgan fingerprint density at radius 1 is 1.25 bits per heavy atom. The predicted molar refractivity (Wildman–Crippen MR) is 47.6 cm³/mol. The highest BCUT2D eigenvalue weighted by molar-refractivity contribution is 5.40. The van der Waals surface area contributed by atoms with Crippen molar-refractivity contribution in [2.45, 2.75) is 6.29 Å². The molecule has 0 bridgehead atoms. The van der Waals surface area contributed by atoms with Crippen LogP contribution in [-0.4, -0.2) is 14.2 Å². The predicted octanol–water partition coefficient (Wildman–Crippen LogP) is 1.56. The van der Waals surface area contributed by atoms with E-state index in [0.29, 0.717) is 5.69 Å². The Hall–Kier alpha value is -1.06. The van der Waals surface area contributed by atoms with Crippen molar-refractivity contribution in [2.24, 2.45) is 0 Å². The van der Waals surface area contributed by atoms with Crippen molar-refractivity contribution in [3.63, 3.8) is 0 Å². The third-order valence-corrected chi connectivity index (χ3v) is 1.61. The molecule has 66 valence electrons. The molecule has 1 aromatic carbocycles. The van der Waals surface area contributed by atoms with Gasteiger partial charge in [0.05, 0.1) is 0 Å². The lowest BCUT2D eigenvalue weighted by atomic mass is 10.2. The van der Waals surface area contributed by atoms with Crippen LogP contribution in [0.2, 0.25) is 0 Å². The number of methoxy groups -OCH3 is 2. The number of hydrogen-bond donors (Lipinski definition) is 1. The molecule has 2 N–H and O–H groups in total. The largest absolute Gasteiger partial charge is 0.399 e. The first-order valence-electron chi connectivity index (χ1n) is 3.69. The standard InChI is InChI=1S/C9H13NO2/c1-11-9(12-2)7-4-3-5-8(10)6-7/h3-6,9H,10H2,1-2H3. The number of nitrogen functional groups attached to an aromatic ring is 1. The van der Waals surface area contributed by atoms with Gasteiger partial charge in [0.2, 0.25) is 0 Å². The number of nitrogens with two attached hydrogens (primary N) is 1. The van der Waals surface area contributed by atoms with Gasteiger partial charge in [-0.15, -0.1) is 0 Å². The quantitative estimate of drug-likeness (QED) is 0.549. The normalized spacial score (nSPS) is 10.6. The Morgan fingerprint density at radius 2 is 1.92 bits per heavy atom. The van der Waals surface area contributed by atoms with E-state index < -0.39 is 0 Å². The lowest BCUT2D eigenvalue weighted by molar-refractivity contribution is -0.105. The van der Waals surface area contributed by atoms with Crippen LogP contribution in [0.15, 0.2) is 24.3 Å². The monoisotopic (exact) mass is 167 g/mol. The first kappa shape index (κ1) is 9.03. The highest BCUT2D eigenvalue weighted by Gasteiger charge is 2.07. The molecule has 0 aliphatic rings. The molecule has 0 radical (unpaired) electrons. The van der Waals surface area contributed by atoms with E-state index in [1.54, 1.807) is 14.2 Å². The van der Waals surface area contributed by atoms with Crippen LogP contribution in [0.25, 0.3) is 0 Å². The molecule has 0 amide bonds. The molecule has 0 spiro atoms. The number of rotatable bonds is 3. The second-order valence-corrected chi connectivity index (χ2v) is 2.47. The number of hydrogen-bond acceptors (Lipinski definition) is 3. The van der Waals surface area contributed by atoms with Crippen LogP contribution >= 0.6 is 0 Å². The highest BCUT2D eigenvalue weighted by atomic mass is 16.7. The fourth-order valence-electron chi connectivity index (χ4n) is 1.07. The summed E-state index contributed by atoms with van der Waals surface area (Å²) in [6.45, 7) is 0. The van der Waals surface area contributed by atoms with Crippen molar-refractivity contribution < 1.29 is 9.47 Å². The molecular formula is C9H13NO2. The molecular weight excluding hydrogens is 154 g/mol. The van der Waals surface area contributed by atoms with E-state index in [2.05, 4.69) is 0 Å². The van der Waals surface area contributed by atoms with Gasteiger partial charge in [0.15, 0.2) is 6.29 Å². The summed E-state index contributed by atoms with van der Waals surface area (Å²) in [5.74, 6) is 0. The molecule has 12 heavy (non-hydrogen) atoms. The van der Waals surface area contributed by atoms with Gasteiger partial charge in [-0.25, -0.2) is 0 Å². The van der Waals surface area contributed by atoms with Crippen molar-refractivity contribution in [2.75, 3.05) is 20.0 Å². The minimum absolute atomic E-state index is 0.325. The maximum Gasteiger partial charge on any atom is 0.183 e. The maximum absolute atomic E-state index is 5.59. The number of anilines is 1. The molecule has 0 atom stereocenters. The third-order valence-electron chi connectivity index (χ3n) is 1.61. The van der Waals surface area contributed by atoms with Gasteiger partial charge in [-0.2, -0.15) is 0 Å². The fourth-order valence-corrected chi connectivity index (χ4v) is 1.07. The lowest BCUT2D eigenvalue weighted by Gasteiger charge is -2.13. The Morgan fingerprint density at radius 3 is 2.42 bits per heavy atom. The molecule has 0 unspecified atom stereocenters. The van der Waals surface area contributed by atoms with Crippen LogP contribution in [0.4, 0.5) is 5.69 Å². The van der Waals surface area contributed by atoms with E-state index >= 15 is 0 Å². The molecule has 3 nitrogen and oxygen atoms in total. The van der Waals surface area contributed by atoms with Crippen molar-refractivity contribution in [1.29, 1.82) is 0 Å². The van der Waals surface area contributed by atoms with Crippen molar-refractivity contribution in [3.05, 3.63) is 29.8 Å². The average molecular weight is 167 g/mol. The van der Waals surface area contributed by atoms with Gasteiger partial charge in [0.25, 0.3) is 0 Å². The molecule has 3 heteroatoms. The minimum atomic E-state index is -0.325. The zero-order valence-corrected chi connectivity index (χ0v) is 7.28. The lowest BCUT2D eigenvalue weighted by Crippen LogP contribution is -2.03. The van der Waals surface area contributed by atoms with Gasteiger partial charge in [0.1, 0.15) is 0 Å². The summed E-state index contributed by atoms with van der Waals surface area (Å²) in [4.78, 5) is 0. The molecule has 1 aromatic rings. The number of benzene rings is 1. The van der Waals surface area contributed by atoms with E-state index in [-0.39, 0.29) is 6.29 Å².